The van der Waals surface area contributed by atoms with Crippen molar-refractivity contribution in [3.05, 3.63) is 35.4 Å². The summed E-state index contributed by atoms with van der Waals surface area (Å²) in [5.41, 5.74) is 9.21. The van der Waals surface area contributed by atoms with Gasteiger partial charge in [0.15, 0.2) is 0 Å². The molecule has 1 aliphatic rings. The Morgan fingerprint density at radius 3 is 2.76 bits per heavy atom. The maximum absolute atomic E-state index is 6.50. The lowest BCUT2D eigenvalue weighted by Crippen LogP contribution is -2.42. The number of aryl methyl sites for hydroxylation is 1. The second-order valence-corrected chi connectivity index (χ2v) is 8.63. The summed E-state index contributed by atoms with van der Waals surface area (Å²) in [6.07, 6.45) is 2.25. The van der Waals surface area contributed by atoms with Gasteiger partial charge in [-0.1, -0.05) is 50.6 Å². The molecule has 1 fully saturated rings. The summed E-state index contributed by atoms with van der Waals surface area (Å²) in [6, 6.07) is 9.44. The molecule has 2 rings (SSSR count). The number of nitrogens with two attached hydrogens (primary N) is 1. The van der Waals surface area contributed by atoms with Crippen LogP contribution in [0, 0.1) is 6.92 Å². The minimum absolute atomic E-state index is 0.206. The molecule has 0 radical (unpaired) electrons. The maximum Gasteiger partial charge on any atom is 0.0499 e. The Balaban J connectivity index is 2.24. The molecule has 1 aromatic carbocycles. The molecular formula is C18H30N2S. The molecule has 1 aromatic rings. The normalized spacial score (nSPS) is 22.5. The third-order valence-electron chi connectivity index (χ3n) is 4.53. The van der Waals surface area contributed by atoms with Crippen LogP contribution in [0.1, 0.15) is 50.8 Å². The van der Waals surface area contributed by atoms with Gasteiger partial charge in [-0.2, -0.15) is 11.8 Å². The molecule has 21 heavy (non-hydrogen) atoms. The van der Waals surface area contributed by atoms with Crippen LogP contribution >= 0.6 is 11.8 Å². The average Bonchev–Trinajstić information content (AvgIpc) is 2.60. The monoisotopic (exact) mass is 306 g/mol. The van der Waals surface area contributed by atoms with E-state index in [-0.39, 0.29) is 6.04 Å². The van der Waals surface area contributed by atoms with Crippen molar-refractivity contribution in [3.63, 3.8) is 0 Å². The quantitative estimate of drug-likeness (QED) is 0.912. The van der Waals surface area contributed by atoms with Gasteiger partial charge in [-0.25, -0.2) is 0 Å². The molecule has 0 aliphatic carbocycles. The first kappa shape index (κ1) is 16.9. The van der Waals surface area contributed by atoms with Gasteiger partial charge in [-0.05, 0) is 25.3 Å². The first-order valence-corrected chi connectivity index (χ1v) is 9.11. The lowest BCUT2D eigenvalue weighted by molar-refractivity contribution is 0.177. The highest BCUT2D eigenvalue weighted by atomic mass is 32.2. The highest BCUT2D eigenvalue weighted by Crippen LogP contribution is 2.34. The first-order valence-electron chi connectivity index (χ1n) is 8.13. The Bertz CT molecular complexity index is 458. The van der Waals surface area contributed by atoms with E-state index in [9.17, 15) is 0 Å². The van der Waals surface area contributed by atoms with Crippen LogP contribution in [0.15, 0.2) is 24.3 Å². The zero-order valence-electron chi connectivity index (χ0n) is 13.9. The van der Waals surface area contributed by atoms with Crippen LogP contribution in [-0.2, 0) is 0 Å². The molecule has 118 valence electrons. The van der Waals surface area contributed by atoms with Gasteiger partial charge in [0.05, 0.1) is 0 Å². The fraction of sp³-hybridized carbons (Fsp3) is 0.667. The molecule has 2 N–H and O–H groups in total. The van der Waals surface area contributed by atoms with Gasteiger partial charge in [-0.15, -0.1) is 0 Å². The van der Waals surface area contributed by atoms with E-state index >= 15 is 0 Å². The van der Waals surface area contributed by atoms with Crippen molar-refractivity contribution in [2.75, 3.05) is 18.8 Å². The number of nitrogens with zero attached hydrogens (tertiary/aromatic N) is 1. The van der Waals surface area contributed by atoms with Crippen LogP contribution in [0.25, 0.3) is 0 Å². The SMILES string of the molecule is CCC(N)C(c1cccc(C)c1)N1CCSC(C)(C)CC1. The second kappa shape index (κ2) is 7.17. The van der Waals surface area contributed by atoms with Crippen molar-refractivity contribution in [2.24, 2.45) is 5.73 Å². The molecular weight excluding hydrogens is 276 g/mol. The lowest BCUT2D eigenvalue weighted by Gasteiger charge is -2.35. The van der Waals surface area contributed by atoms with E-state index in [1.54, 1.807) is 0 Å². The molecule has 1 heterocycles. The first-order chi connectivity index (χ1) is 9.93. The van der Waals surface area contributed by atoms with Gasteiger partial charge in [0.25, 0.3) is 0 Å². The van der Waals surface area contributed by atoms with Gasteiger partial charge in [0.2, 0.25) is 0 Å². The number of benzene rings is 1. The Morgan fingerprint density at radius 1 is 1.33 bits per heavy atom. The molecule has 3 heteroatoms. The number of hydrogen-bond donors (Lipinski definition) is 1. The predicted molar refractivity (Wildman–Crippen MR) is 94.9 cm³/mol. The van der Waals surface area contributed by atoms with E-state index in [1.165, 1.54) is 23.3 Å². The fourth-order valence-corrected chi connectivity index (χ4v) is 4.23. The van der Waals surface area contributed by atoms with Crippen molar-refractivity contribution in [3.8, 4) is 0 Å². The fourth-order valence-electron chi connectivity index (χ4n) is 3.12. The molecule has 0 saturated carbocycles. The highest BCUT2D eigenvalue weighted by molar-refractivity contribution is 8.00. The smallest absolute Gasteiger partial charge is 0.0499 e. The van der Waals surface area contributed by atoms with Crippen LogP contribution in [0.2, 0.25) is 0 Å². The summed E-state index contributed by atoms with van der Waals surface area (Å²) in [5, 5.41) is 0. The molecule has 0 amide bonds. The summed E-state index contributed by atoms with van der Waals surface area (Å²) in [7, 11) is 0. The maximum atomic E-state index is 6.50. The largest absolute Gasteiger partial charge is 0.326 e. The van der Waals surface area contributed by atoms with Crippen LogP contribution in [0.4, 0.5) is 0 Å². The summed E-state index contributed by atoms with van der Waals surface area (Å²) < 4.78 is 0.391. The van der Waals surface area contributed by atoms with Gasteiger partial charge in [0, 0.05) is 35.7 Å². The predicted octanol–water partition coefficient (Wildman–Crippen LogP) is 3.99. The van der Waals surface area contributed by atoms with Crippen molar-refractivity contribution in [2.45, 2.75) is 57.4 Å². The molecule has 2 unspecified atom stereocenters. The Labute approximate surface area is 134 Å². The lowest BCUT2D eigenvalue weighted by atomic mass is 9.94. The van der Waals surface area contributed by atoms with Crippen molar-refractivity contribution < 1.29 is 0 Å². The number of thioether (sulfide) groups is 1. The van der Waals surface area contributed by atoms with E-state index in [1.807, 2.05) is 0 Å². The van der Waals surface area contributed by atoms with Gasteiger partial charge in [0.1, 0.15) is 0 Å². The van der Waals surface area contributed by atoms with Crippen LogP contribution < -0.4 is 5.73 Å². The zero-order chi connectivity index (χ0) is 15.5. The van der Waals surface area contributed by atoms with Gasteiger partial charge >= 0.3 is 0 Å². The number of rotatable bonds is 4. The van der Waals surface area contributed by atoms with Gasteiger partial charge in [-0.3, -0.25) is 4.90 Å². The number of hydrogen-bond acceptors (Lipinski definition) is 3. The summed E-state index contributed by atoms with van der Waals surface area (Å²) in [4.78, 5) is 2.62. The standard InChI is InChI=1S/C18H30N2S/c1-5-16(19)17(15-8-6-7-14(2)13-15)20-10-9-18(3,4)21-12-11-20/h6-8,13,16-17H,5,9-12,19H2,1-4H3. The van der Waals surface area contributed by atoms with Crippen molar-refractivity contribution in [1.29, 1.82) is 0 Å². The Kier molecular flexibility index (Phi) is 5.75. The summed E-state index contributed by atoms with van der Waals surface area (Å²) in [5.74, 6) is 1.20. The third-order valence-corrected chi connectivity index (χ3v) is 5.90. The van der Waals surface area contributed by atoms with Gasteiger partial charge < -0.3 is 5.73 Å². The molecule has 0 bridgehead atoms. The van der Waals surface area contributed by atoms with E-state index in [0.29, 0.717) is 10.8 Å². The average molecular weight is 307 g/mol. The molecule has 2 nitrogen and oxygen atoms in total. The van der Waals surface area contributed by atoms with E-state index in [4.69, 9.17) is 5.73 Å². The van der Waals surface area contributed by atoms with E-state index in [0.717, 1.165) is 19.5 Å². The molecule has 1 aliphatic heterocycles. The molecule has 1 saturated heterocycles. The van der Waals surface area contributed by atoms with E-state index in [2.05, 4.69) is 68.6 Å². The highest BCUT2D eigenvalue weighted by Gasteiger charge is 2.30. The second-order valence-electron chi connectivity index (χ2n) is 6.83. The summed E-state index contributed by atoms with van der Waals surface area (Å²) >= 11 is 2.10. The molecule has 0 aromatic heterocycles. The zero-order valence-corrected chi connectivity index (χ0v) is 14.7. The third kappa shape index (κ3) is 4.48. The Hall–Kier alpha value is -0.510. The molecule has 2 atom stereocenters. The summed E-state index contributed by atoms with van der Waals surface area (Å²) in [6.45, 7) is 11.4. The Morgan fingerprint density at radius 2 is 2.10 bits per heavy atom. The van der Waals surface area contributed by atoms with E-state index < -0.39 is 0 Å². The minimum Gasteiger partial charge on any atom is -0.326 e. The van der Waals surface area contributed by atoms with Crippen LogP contribution in [0.3, 0.4) is 0 Å². The van der Waals surface area contributed by atoms with Crippen LogP contribution in [-0.4, -0.2) is 34.5 Å². The minimum atomic E-state index is 0.206. The van der Waals surface area contributed by atoms with Crippen molar-refractivity contribution >= 4 is 11.8 Å². The van der Waals surface area contributed by atoms with Crippen molar-refractivity contribution in [1.82, 2.24) is 4.90 Å². The van der Waals surface area contributed by atoms with Crippen LogP contribution in [0.5, 0.6) is 0 Å². The molecule has 0 spiro atoms. The topological polar surface area (TPSA) is 29.3 Å².